The predicted octanol–water partition coefficient (Wildman–Crippen LogP) is 14.5. The first-order chi connectivity index (χ1) is 28.0. The third-order valence-corrected chi connectivity index (χ3v) is 15.7. The molecule has 0 saturated carbocycles. The second-order valence-electron chi connectivity index (χ2n) is 17.3. The molecular formula is C54H48GeIrN2O-2. The van der Waals surface area contributed by atoms with Crippen molar-refractivity contribution in [3.63, 3.8) is 0 Å². The van der Waals surface area contributed by atoms with E-state index in [-0.39, 0.29) is 20.1 Å². The molecule has 10 rings (SSSR count). The van der Waals surface area contributed by atoms with Crippen molar-refractivity contribution in [3.05, 3.63) is 163 Å². The standard InChI is InChI=1S/C30H30GeN.C24H18NO.Ir/c1-20(2)16-22-18-30(32-19-29(22)31(3,4)5)21-14-15-27-25-12-7-6-10-23(25)24-11-8-9-13-26(24)28(27)17-21;1-15(2)17-12-13-25-22(14-17)21-9-5-8-19-20-11-10-16-6-3-4-7-18(16)23(20)26-24(19)21;/h6-13,15,17-20H,16H2,1-5H3;3-8,10-15H,1-2H3;/q2*-1;. The van der Waals surface area contributed by atoms with Crippen LogP contribution >= 0.6 is 0 Å². The second-order valence-corrected chi connectivity index (χ2v) is 27.9. The van der Waals surface area contributed by atoms with E-state index in [4.69, 9.17) is 9.40 Å². The Kier molecular flexibility index (Phi) is 11.4. The van der Waals surface area contributed by atoms with E-state index < -0.39 is 13.3 Å². The quantitative estimate of drug-likeness (QED) is 0.0946. The van der Waals surface area contributed by atoms with E-state index in [1.165, 1.54) is 53.2 Å². The van der Waals surface area contributed by atoms with E-state index in [1.807, 2.05) is 12.3 Å². The van der Waals surface area contributed by atoms with Gasteiger partial charge in [0.25, 0.3) is 0 Å². The smallest absolute Gasteiger partial charge is 0.128 e. The Morgan fingerprint density at radius 3 is 1.92 bits per heavy atom. The molecule has 7 aromatic carbocycles. The number of fused-ring (bicyclic) bond motifs is 11. The van der Waals surface area contributed by atoms with Gasteiger partial charge in [0.1, 0.15) is 5.58 Å². The third-order valence-electron chi connectivity index (χ3n) is 11.4. The number of hydrogen-bond acceptors (Lipinski definition) is 3. The zero-order chi connectivity index (χ0) is 40.1. The number of aromatic nitrogens is 2. The molecule has 1 radical (unpaired) electrons. The molecule has 5 heteroatoms. The van der Waals surface area contributed by atoms with Crippen LogP contribution in [0.4, 0.5) is 0 Å². The summed E-state index contributed by atoms with van der Waals surface area (Å²) in [4.78, 5) is 9.53. The summed E-state index contributed by atoms with van der Waals surface area (Å²) in [5.41, 5.74) is 8.48. The molecule has 0 bridgehead atoms. The number of nitrogens with zero attached hydrogens (tertiary/aromatic N) is 2. The van der Waals surface area contributed by atoms with Gasteiger partial charge >= 0.3 is 194 Å². The molecule has 0 unspecified atom stereocenters. The van der Waals surface area contributed by atoms with Crippen LogP contribution in [0.15, 0.2) is 144 Å². The van der Waals surface area contributed by atoms with Crippen LogP contribution in [0.5, 0.6) is 0 Å². The van der Waals surface area contributed by atoms with Gasteiger partial charge in [-0.2, -0.15) is 0 Å². The average Bonchev–Trinajstić information content (AvgIpc) is 3.63. The van der Waals surface area contributed by atoms with Crippen molar-refractivity contribution in [2.75, 3.05) is 0 Å². The molecular weight excluding hydrogens is 957 g/mol. The van der Waals surface area contributed by atoms with Crippen LogP contribution in [0.1, 0.15) is 44.7 Å². The maximum Gasteiger partial charge on any atom is 0.128 e. The fourth-order valence-corrected chi connectivity index (χ4v) is 11.9. The molecule has 3 nitrogen and oxygen atoms in total. The van der Waals surface area contributed by atoms with Gasteiger partial charge in [0.15, 0.2) is 0 Å². The topological polar surface area (TPSA) is 38.9 Å². The molecule has 0 spiro atoms. The average molecular weight is 1010 g/mol. The van der Waals surface area contributed by atoms with Crippen molar-refractivity contribution in [1.82, 2.24) is 9.97 Å². The SMILES string of the molecule is CC(C)Cc1cc(-c2[c-]cc3c4ccccc4c4ccccc4c3c2)nc[c]1[Ge]([CH3])([CH3])[CH3].CC(C)c1ccnc(-c2[c-]ccc3c2oc2c4ccccc4ccc32)c1.[Ir]. The van der Waals surface area contributed by atoms with Gasteiger partial charge in [-0.3, -0.25) is 0 Å². The zero-order valence-electron chi connectivity index (χ0n) is 34.8. The van der Waals surface area contributed by atoms with Crippen LogP contribution in [-0.4, -0.2) is 23.2 Å². The zero-order valence-corrected chi connectivity index (χ0v) is 39.3. The summed E-state index contributed by atoms with van der Waals surface area (Å²) in [6.45, 7) is 8.99. The summed E-state index contributed by atoms with van der Waals surface area (Å²) in [5, 5.41) is 12.3. The van der Waals surface area contributed by atoms with Gasteiger partial charge in [0.05, 0.1) is 5.58 Å². The molecule has 3 heterocycles. The van der Waals surface area contributed by atoms with E-state index >= 15 is 0 Å². The molecule has 0 aliphatic heterocycles. The van der Waals surface area contributed by atoms with Gasteiger partial charge in [-0.25, -0.2) is 0 Å². The van der Waals surface area contributed by atoms with Gasteiger partial charge in [0, 0.05) is 37.1 Å². The summed E-state index contributed by atoms with van der Waals surface area (Å²) in [6, 6.07) is 52.0. The Morgan fingerprint density at radius 2 is 1.24 bits per heavy atom. The Balaban J connectivity index is 0.000000164. The van der Waals surface area contributed by atoms with Crippen molar-refractivity contribution in [2.24, 2.45) is 5.92 Å². The first-order valence-corrected chi connectivity index (χ1v) is 27.8. The summed E-state index contributed by atoms with van der Waals surface area (Å²) in [5.74, 6) is 8.46. The molecule has 0 fully saturated rings. The molecule has 0 atom stereocenters. The van der Waals surface area contributed by atoms with Gasteiger partial charge in [0.2, 0.25) is 0 Å². The number of pyridine rings is 2. The van der Waals surface area contributed by atoms with Crippen LogP contribution < -0.4 is 4.40 Å². The second kappa shape index (κ2) is 16.5. The monoisotopic (exact) mass is 1010 g/mol. The van der Waals surface area contributed by atoms with Crippen molar-refractivity contribution in [3.8, 4) is 22.5 Å². The molecule has 0 aliphatic carbocycles. The summed E-state index contributed by atoms with van der Waals surface area (Å²) < 4.78 is 7.91. The van der Waals surface area contributed by atoms with Gasteiger partial charge in [-0.1, -0.05) is 72.8 Å². The van der Waals surface area contributed by atoms with Crippen LogP contribution in [-0.2, 0) is 26.5 Å². The maximum atomic E-state index is 6.38. The van der Waals surface area contributed by atoms with Crippen molar-refractivity contribution >= 4 is 82.7 Å². The van der Waals surface area contributed by atoms with Gasteiger partial charge < -0.3 is 9.40 Å². The number of hydrogen-bond donors (Lipinski definition) is 0. The normalized spacial score (nSPS) is 11.9. The Morgan fingerprint density at radius 1 is 0.593 bits per heavy atom. The van der Waals surface area contributed by atoms with E-state index in [2.05, 4.69) is 190 Å². The van der Waals surface area contributed by atoms with Crippen LogP contribution in [0.2, 0.25) is 17.3 Å². The van der Waals surface area contributed by atoms with Crippen LogP contribution in [0.3, 0.4) is 0 Å². The van der Waals surface area contributed by atoms with Gasteiger partial charge in [-0.05, 0) is 23.1 Å². The molecule has 295 valence electrons. The van der Waals surface area contributed by atoms with Gasteiger partial charge in [-0.15, -0.1) is 18.2 Å². The molecule has 0 amide bonds. The Hall–Kier alpha value is -5.13. The molecule has 0 saturated heterocycles. The maximum absolute atomic E-state index is 6.38. The fourth-order valence-electron chi connectivity index (χ4n) is 8.52. The van der Waals surface area contributed by atoms with Crippen LogP contribution in [0, 0.1) is 18.1 Å². The van der Waals surface area contributed by atoms with Crippen molar-refractivity contribution in [2.45, 2.75) is 57.3 Å². The van der Waals surface area contributed by atoms with E-state index in [0.717, 1.165) is 56.3 Å². The number of rotatable bonds is 6. The van der Waals surface area contributed by atoms with Crippen molar-refractivity contribution < 1.29 is 24.5 Å². The molecule has 10 aromatic rings. The minimum Gasteiger partial charge on any atom is -0.500 e. The molecule has 0 N–H and O–H groups in total. The molecule has 3 aromatic heterocycles. The minimum absolute atomic E-state index is 0. The number of benzene rings is 7. The molecule has 0 aliphatic rings. The van der Waals surface area contributed by atoms with E-state index in [1.54, 1.807) is 0 Å². The summed E-state index contributed by atoms with van der Waals surface area (Å²) in [7, 11) is 0. The fraction of sp³-hybridized carbons (Fsp3) is 0.185. The first-order valence-electron chi connectivity index (χ1n) is 20.5. The third kappa shape index (κ3) is 7.75. The largest absolute Gasteiger partial charge is 0.500 e. The predicted molar refractivity (Wildman–Crippen MR) is 250 cm³/mol. The van der Waals surface area contributed by atoms with E-state index in [9.17, 15) is 0 Å². The molecule has 59 heavy (non-hydrogen) atoms. The first kappa shape index (κ1) is 40.6. The van der Waals surface area contributed by atoms with Crippen LogP contribution in [0.25, 0.3) is 87.5 Å². The Bertz CT molecular complexity index is 3120. The summed E-state index contributed by atoms with van der Waals surface area (Å²) in [6.07, 6.45) is 5.15. The van der Waals surface area contributed by atoms with E-state index in [0.29, 0.717) is 11.8 Å². The summed E-state index contributed by atoms with van der Waals surface area (Å²) >= 11 is -1.99. The minimum atomic E-state index is -1.99. The Labute approximate surface area is 363 Å². The van der Waals surface area contributed by atoms with Crippen molar-refractivity contribution in [1.29, 1.82) is 0 Å². The number of furan rings is 1.